The predicted molar refractivity (Wildman–Crippen MR) is 96.5 cm³/mol. The molecular weight excluding hydrogens is 316 g/mol. The van der Waals surface area contributed by atoms with Crippen LogP contribution < -0.4 is 5.32 Å². The predicted octanol–water partition coefficient (Wildman–Crippen LogP) is 3.41. The minimum Gasteiger partial charge on any atom is -0.480 e. The summed E-state index contributed by atoms with van der Waals surface area (Å²) in [6, 6.07) is 11.2. The summed E-state index contributed by atoms with van der Waals surface area (Å²) in [6.07, 6.45) is 4.55. The molecule has 2 aliphatic rings. The van der Waals surface area contributed by atoms with E-state index in [2.05, 4.69) is 29.3 Å². The lowest BCUT2D eigenvalue weighted by atomic mass is 9.84. The first-order valence-corrected chi connectivity index (χ1v) is 9.29. The molecule has 2 fully saturated rings. The Morgan fingerprint density at radius 2 is 2.12 bits per heavy atom. The number of aliphatic carboxylic acids is 1. The van der Waals surface area contributed by atoms with Gasteiger partial charge in [0.25, 0.3) is 0 Å². The van der Waals surface area contributed by atoms with Gasteiger partial charge in [-0.15, -0.1) is 0 Å². The lowest BCUT2D eigenvalue weighted by Crippen LogP contribution is -2.54. The summed E-state index contributed by atoms with van der Waals surface area (Å²) in [5.41, 5.74) is 0.926. The van der Waals surface area contributed by atoms with E-state index in [1.807, 2.05) is 18.2 Å². The molecule has 1 aromatic heterocycles. The van der Waals surface area contributed by atoms with Crippen LogP contribution in [0.4, 0.5) is 0 Å². The maximum Gasteiger partial charge on any atom is 0.317 e. The zero-order chi connectivity index (χ0) is 17.4. The fourth-order valence-corrected chi connectivity index (χ4v) is 3.82. The Hall–Kier alpha value is -1.85. The van der Waals surface area contributed by atoms with Crippen LogP contribution in [0.15, 0.2) is 34.7 Å². The molecule has 0 bridgehead atoms. The number of nitrogens with one attached hydrogen (secondary N) is 1. The fraction of sp³-hybridized carbons (Fsp3) is 0.550. The highest BCUT2D eigenvalue weighted by Gasteiger charge is 2.37. The lowest BCUT2D eigenvalue weighted by molar-refractivity contribution is -0.139. The van der Waals surface area contributed by atoms with Gasteiger partial charge >= 0.3 is 5.97 Å². The molecule has 2 N–H and O–H groups in total. The molecule has 2 aromatic rings. The molecule has 25 heavy (non-hydrogen) atoms. The Labute approximate surface area is 148 Å². The van der Waals surface area contributed by atoms with Crippen LogP contribution in [-0.4, -0.2) is 41.1 Å². The second-order valence-corrected chi connectivity index (χ2v) is 7.66. The zero-order valence-corrected chi connectivity index (χ0v) is 14.6. The van der Waals surface area contributed by atoms with Crippen molar-refractivity contribution in [1.82, 2.24) is 10.2 Å². The van der Waals surface area contributed by atoms with E-state index in [1.54, 1.807) is 0 Å². The first kappa shape index (κ1) is 16.6. The van der Waals surface area contributed by atoms with Crippen molar-refractivity contribution in [3.8, 4) is 0 Å². The Bertz CT molecular complexity index is 713. The number of carbonyl (C=O) groups is 1. The first-order chi connectivity index (χ1) is 12.1. The van der Waals surface area contributed by atoms with Crippen LogP contribution in [0.5, 0.6) is 0 Å². The summed E-state index contributed by atoms with van der Waals surface area (Å²) in [5, 5.41) is 13.9. The van der Waals surface area contributed by atoms with Gasteiger partial charge in [-0.2, -0.15) is 0 Å². The molecule has 1 atom stereocenters. The monoisotopic (exact) mass is 342 g/mol. The summed E-state index contributed by atoms with van der Waals surface area (Å²) >= 11 is 0. The van der Waals surface area contributed by atoms with Crippen LogP contribution in [0, 0.1) is 5.92 Å². The Morgan fingerprint density at radius 1 is 1.36 bits per heavy atom. The van der Waals surface area contributed by atoms with Gasteiger partial charge in [0.1, 0.15) is 11.3 Å². The van der Waals surface area contributed by atoms with E-state index in [-0.39, 0.29) is 12.6 Å². The molecule has 134 valence electrons. The molecule has 2 saturated carbocycles. The standard InChI is InChI=1S/C20H26N2O3/c1-13(19-8-15-4-2-3-5-18(15)25-19)21-16-9-17(10-16)22(12-20(23)24)11-14-6-7-14/h2-5,8,13-14,16-17,21H,6-7,9-12H2,1H3,(H,23,24). The van der Waals surface area contributed by atoms with E-state index < -0.39 is 5.97 Å². The summed E-state index contributed by atoms with van der Waals surface area (Å²) in [7, 11) is 0. The van der Waals surface area contributed by atoms with Crippen molar-refractivity contribution < 1.29 is 14.3 Å². The molecule has 2 aliphatic carbocycles. The van der Waals surface area contributed by atoms with Crippen molar-refractivity contribution in [2.75, 3.05) is 13.1 Å². The van der Waals surface area contributed by atoms with E-state index >= 15 is 0 Å². The molecule has 0 spiro atoms. The van der Waals surface area contributed by atoms with Crippen LogP contribution in [0.3, 0.4) is 0 Å². The normalized spacial score (nSPS) is 24.4. The summed E-state index contributed by atoms with van der Waals surface area (Å²) in [4.78, 5) is 13.3. The van der Waals surface area contributed by atoms with Gasteiger partial charge in [-0.05, 0) is 50.7 Å². The average molecular weight is 342 g/mol. The van der Waals surface area contributed by atoms with Crippen molar-refractivity contribution in [3.63, 3.8) is 0 Å². The van der Waals surface area contributed by atoms with E-state index in [0.717, 1.165) is 42.0 Å². The molecule has 5 nitrogen and oxygen atoms in total. The number of carboxylic acid groups (broad SMARTS) is 1. The second kappa shape index (κ2) is 6.81. The van der Waals surface area contributed by atoms with E-state index in [9.17, 15) is 4.79 Å². The highest BCUT2D eigenvalue weighted by Crippen LogP contribution is 2.34. The van der Waals surface area contributed by atoms with Gasteiger partial charge < -0.3 is 14.8 Å². The number of hydrogen-bond acceptors (Lipinski definition) is 4. The van der Waals surface area contributed by atoms with Crippen molar-refractivity contribution in [1.29, 1.82) is 0 Å². The van der Waals surface area contributed by atoms with Gasteiger partial charge in [0, 0.05) is 24.0 Å². The second-order valence-electron chi connectivity index (χ2n) is 7.66. The molecular formula is C20H26N2O3. The number of furan rings is 1. The van der Waals surface area contributed by atoms with E-state index in [4.69, 9.17) is 9.52 Å². The molecule has 1 unspecified atom stereocenters. The minimum absolute atomic E-state index is 0.162. The number of para-hydroxylation sites is 1. The zero-order valence-electron chi connectivity index (χ0n) is 14.6. The third-order valence-corrected chi connectivity index (χ3v) is 5.51. The topological polar surface area (TPSA) is 65.7 Å². The van der Waals surface area contributed by atoms with Gasteiger partial charge in [-0.25, -0.2) is 0 Å². The maximum absolute atomic E-state index is 11.1. The molecule has 5 heteroatoms. The number of benzene rings is 1. The quantitative estimate of drug-likeness (QED) is 0.769. The fourth-order valence-electron chi connectivity index (χ4n) is 3.82. The minimum atomic E-state index is -0.715. The van der Waals surface area contributed by atoms with Crippen LogP contribution in [0.2, 0.25) is 0 Å². The van der Waals surface area contributed by atoms with Crippen LogP contribution in [0.25, 0.3) is 11.0 Å². The molecule has 4 rings (SSSR count). The highest BCUT2D eigenvalue weighted by molar-refractivity contribution is 5.77. The number of carboxylic acids is 1. The van der Waals surface area contributed by atoms with Crippen molar-refractivity contribution in [2.45, 2.75) is 50.7 Å². The Kier molecular flexibility index (Phi) is 4.52. The molecule has 0 radical (unpaired) electrons. The molecule has 0 amide bonds. The molecule has 1 aromatic carbocycles. The molecule has 1 heterocycles. The van der Waals surface area contributed by atoms with Crippen molar-refractivity contribution >= 4 is 16.9 Å². The van der Waals surface area contributed by atoms with Crippen LogP contribution >= 0.6 is 0 Å². The van der Waals surface area contributed by atoms with Gasteiger partial charge in [0.05, 0.1) is 12.6 Å². The average Bonchev–Trinajstić information content (AvgIpc) is 3.23. The lowest BCUT2D eigenvalue weighted by Gasteiger charge is -2.43. The molecule has 0 saturated heterocycles. The van der Waals surface area contributed by atoms with Crippen molar-refractivity contribution in [2.24, 2.45) is 5.92 Å². The Morgan fingerprint density at radius 3 is 2.80 bits per heavy atom. The van der Waals surface area contributed by atoms with Crippen LogP contribution in [-0.2, 0) is 4.79 Å². The molecule has 0 aliphatic heterocycles. The van der Waals surface area contributed by atoms with Gasteiger partial charge in [0.2, 0.25) is 0 Å². The number of hydrogen-bond donors (Lipinski definition) is 2. The van der Waals surface area contributed by atoms with Gasteiger partial charge in [-0.1, -0.05) is 18.2 Å². The summed E-state index contributed by atoms with van der Waals surface area (Å²) < 4.78 is 5.94. The maximum atomic E-state index is 11.1. The van der Waals surface area contributed by atoms with E-state index in [0.29, 0.717) is 12.1 Å². The number of fused-ring (bicyclic) bond motifs is 1. The Balaban J connectivity index is 1.31. The smallest absolute Gasteiger partial charge is 0.317 e. The SMILES string of the molecule is CC(NC1CC(N(CC(=O)O)CC2CC2)C1)c1cc2ccccc2o1. The van der Waals surface area contributed by atoms with Crippen molar-refractivity contribution in [3.05, 3.63) is 36.1 Å². The van der Waals surface area contributed by atoms with Crippen LogP contribution in [0.1, 0.15) is 44.4 Å². The van der Waals surface area contributed by atoms with E-state index in [1.165, 1.54) is 12.8 Å². The van der Waals surface area contributed by atoms with Gasteiger partial charge in [0.15, 0.2) is 0 Å². The summed E-state index contributed by atoms with van der Waals surface area (Å²) in [5.74, 6) is 0.971. The number of rotatable bonds is 8. The highest BCUT2D eigenvalue weighted by atomic mass is 16.4. The summed E-state index contributed by atoms with van der Waals surface area (Å²) in [6.45, 7) is 3.25. The largest absolute Gasteiger partial charge is 0.480 e. The van der Waals surface area contributed by atoms with Gasteiger partial charge in [-0.3, -0.25) is 9.69 Å². The third kappa shape index (κ3) is 3.88. The third-order valence-electron chi connectivity index (χ3n) is 5.51. The number of nitrogens with zero attached hydrogens (tertiary/aromatic N) is 1. The first-order valence-electron chi connectivity index (χ1n) is 9.29.